The molecule has 2 aromatic rings. The lowest BCUT2D eigenvalue weighted by Crippen LogP contribution is -2.50. The molecule has 0 saturated carbocycles. The molecule has 0 aromatic carbocycles. The standard InChI is InChI=1S/C22H24F3N5O4/c1-13(2)33-21(32)17-18(31)16(10-14-11-27-19-15(14)4-3-5-26-19)34-20(17)28-30-8-6-29(7-9-30)12-22(23,24)25/h3-5,10-11,13,28,31H,6-9,12H2,1-2H3/b14-10+. The second kappa shape index (κ2) is 9.47. The van der Waals surface area contributed by atoms with Crippen LogP contribution < -0.4 is 5.43 Å². The Labute approximate surface area is 193 Å². The van der Waals surface area contributed by atoms with Gasteiger partial charge in [-0.2, -0.15) is 13.2 Å². The number of hydrogen-bond acceptors (Lipinski definition) is 9. The number of halogens is 3. The largest absolute Gasteiger partial charge is 0.504 e. The van der Waals surface area contributed by atoms with E-state index in [4.69, 9.17) is 9.15 Å². The molecule has 0 bridgehead atoms. The monoisotopic (exact) mass is 479 g/mol. The van der Waals surface area contributed by atoms with Crippen molar-refractivity contribution in [3.05, 3.63) is 35.2 Å². The van der Waals surface area contributed by atoms with Gasteiger partial charge in [0.2, 0.25) is 5.88 Å². The zero-order valence-corrected chi connectivity index (χ0v) is 18.6. The van der Waals surface area contributed by atoms with Gasteiger partial charge in [0.05, 0.1) is 12.6 Å². The summed E-state index contributed by atoms with van der Waals surface area (Å²) in [6, 6.07) is 3.56. The molecule has 2 N–H and O–H groups in total. The molecule has 2 aromatic heterocycles. The van der Waals surface area contributed by atoms with Gasteiger partial charge in [0.1, 0.15) is 0 Å². The number of piperazine rings is 1. The summed E-state index contributed by atoms with van der Waals surface area (Å²) in [6.07, 6.45) is 0.00202. The van der Waals surface area contributed by atoms with E-state index in [-0.39, 0.29) is 43.4 Å². The molecule has 9 nitrogen and oxygen atoms in total. The number of furan rings is 1. The topological polar surface area (TPSA) is 103 Å². The van der Waals surface area contributed by atoms with Crippen molar-refractivity contribution < 1.29 is 32.2 Å². The van der Waals surface area contributed by atoms with E-state index in [9.17, 15) is 23.1 Å². The van der Waals surface area contributed by atoms with Crippen LogP contribution in [0.1, 0.15) is 35.5 Å². The molecule has 1 fully saturated rings. The van der Waals surface area contributed by atoms with Crippen molar-refractivity contribution in [3.63, 3.8) is 0 Å². The van der Waals surface area contributed by atoms with E-state index in [1.165, 1.54) is 11.0 Å². The molecule has 4 heterocycles. The number of anilines is 1. The Morgan fingerprint density at radius 3 is 2.74 bits per heavy atom. The number of aliphatic imine (C=N–C) groups is 1. The fraction of sp³-hybridized carbons (Fsp3) is 0.409. The first-order chi connectivity index (χ1) is 16.1. The Kier molecular flexibility index (Phi) is 6.62. The molecule has 2 aliphatic rings. The van der Waals surface area contributed by atoms with Crippen LogP contribution in [0.2, 0.25) is 0 Å². The van der Waals surface area contributed by atoms with Crippen LogP contribution in [0.5, 0.6) is 5.75 Å². The first-order valence-electron chi connectivity index (χ1n) is 10.7. The number of carbonyl (C=O) groups excluding carboxylic acids is 1. The van der Waals surface area contributed by atoms with Gasteiger partial charge < -0.3 is 14.3 Å². The minimum atomic E-state index is -4.27. The molecule has 2 aliphatic heterocycles. The smallest absolute Gasteiger partial charge is 0.401 e. The second-order valence-electron chi connectivity index (χ2n) is 8.20. The van der Waals surface area contributed by atoms with Gasteiger partial charge in [0.25, 0.3) is 0 Å². The summed E-state index contributed by atoms with van der Waals surface area (Å²) in [5, 5.41) is 12.4. The summed E-state index contributed by atoms with van der Waals surface area (Å²) in [4.78, 5) is 22.4. The maximum Gasteiger partial charge on any atom is 0.401 e. The van der Waals surface area contributed by atoms with E-state index < -0.39 is 30.5 Å². The number of fused-ring (bicyclic) bond motifs is 1. The van der Waals surface area contributed by atoms with Crippen LogP contribution in [0.15, 0.2) is 27.7 Å². The number of hydrazine groups is 1. The highest BCUT2D eigenvalue weighted by Gasteiger charge is 2.33. The molecule has 182 valence electrons. The number of nitrogens with one attached hydrogen (secondary N) is 1. The van der Waals surface area contributed by atoms with Gasteiger partial charge in [0, 0.05) is 49.7 Å². The summed E-state index contributed by atoms with van der Waals surface area (Å²) in [6.45, 7) is 3.19. The Morgan fingerprint density at radius 2 is 2.06 bits per heavy atom. The third kappa shape index (κ3) is 5.39. The number of hydrogen-bond donors (Lipinski definition) is 2. The van der Waals surface area contributed by atoms with Crippen molar-refractivity contribution in [2.45, 2.75) is 26.1 Å². The van der Waals surface area contributed by atoms with Crippen LogP contribution in [-0.2, 0) is 4.74 Å². The number of aromatic nitrogens is 1. The molecule has 0 amide bonds. The maximum atomic E-state index is 12.7. The summed E-state index contributed by atoms with van der Waals surface area (Å²) >= 11 is 0. The van der Waals surface area contributed by atoms with Crippen molar-refractivity contribution in [1.82, 2.24) is 14.9 Å². The maximum absolute atomic E-state index is 12.7. The Hall–Kier alpha value is -3.38. The van der Waals surface area contributed by atoms with Gasteiger partial charge in [-0.25, -0.2) is 19.8 Å². The van der Waals surface area contributed by atoms with Crippen molar-refractivity contribution >= 4 is 35.5 Å². The summed E-state index contributed by atoms with van der Waals surface area (Å²) in [7, 11) is 0. The highest BCUT2D eigenvalue weighted by atomic mass is 19.4. The van der Waals surface area contributed by atoms with E-state index in [1.54, 1.807) is 37.3 Å². The van der Waals surface area contributed by atoms with E-state index in [0.29, 0.717) is 11.4 Å². The molecule has 4 rings (SSSR count). The van der Waals surface area contributed by atoms with Crippen LogP contribution in [0, 0.1) is 0 Å². The predicted molar refractivity (Wildman–Crippen MR) is 119 cm³/mol. The second-order valence-corrected chi connectivity index (χ2v) is 8.20. The van der Waals surface area contributed by atoms with Gasteiger partial charge in [-0.05, 0) is 32.1 Å². The lowest BCUT2D eigenvalue weighted by molar-refractivity contribution is -0.148. The van der Waals surface area contributed by atoms with E-state index in [1.807, 2.05) is 6.07 Å². The molecule has 0 spiro atoms. The predicted octanol–water partition coefficient (Wildman–Crippen LogP) is 3.71. The number of rotatable bonds is 6. The number of allylic oxidation sites excluding steroid dienone is 1. The van der Waals surface area contributed by atoms with Crippen molar-refractivity contribution in [2.24, 2.45) is 4.99 Å². The fourth-order valence-corrected chi connectivity index (χ4v) is 3.68. The number of pyridine rings is 1. The Bertz CT molecular complexity index is 1120. The van der Waals surface area contributed by atoms with E-state index in [2.05, 4.69) is 15.4 Å². The van der Waals surface area contributed by atoms with Crippen LogP contribution in [0.25, 0.3) is 11.6 Å². The number of carbonyl (C=O) groups is 1. The van der Waals surface area contributed by atoms with Crippen molar-refractivity contribution in [2.75, 3.05) is 38.1 Å². The first kappa shape index (κ1) is 23.8. The average Bonchev–Trinajstić information content (AvgIpc) is 3.29. The van der Waals surface area contributed by atoms with Crippen molar-refractivity contribution in [3.8, 4) is 5.75 Å². The highest BCUT2D eigenvalue weighted by Crippen LogP contribution is 2.38. The van der Waals surface area contributed by atoms with Gasteiger partial charge in [-0.3, -0.25) is 10.3 Å². The molecular weight excluding hydrogens is 455 g/mol. The minimum Gasteiger partial charge on any atom is -0.504 e. The SMILES string of the molecule is CC(C)OC(=O)c1c(NN2CCN(CC(F)(F)F)CC2)oc(/C=C2\C=Nc3ncccc32)c1O. The van der Waals surface area contributed by atoms with Gasteiger partial charge in [0.15, 0.2) is 22.9 Å². The summed E-state index contributed by atoms with van der Waals surface area (Å²) in [5.74, 6) is -0.731. The number of aromatic hydroxyl groups is 1. The normalized spacial score (nSPS) is 18.0. The minimum absolute atomic E-state index is 0.00654. The van der Waals surface area contributed by atoms with Crippen LogP contribution in [0.4, 0.5) is 24.9 Å². The number of alkyl halides is 3. The molecule has 0 aliphatic carbocycles. The molecule has 34 heavy (non-hydrogen) atoms. The molecule has 0 atom stereocenters. The number of nitrogens with zero attached hydrogens (tertiary/aromatic N) is 4. The van der Waals surface area contributed by atoms with Crippen LogP contribution in [0.3, 0.4) is 0 Å². The highest BCUT2D eigenvalue weighted by molar-refractivity contribution is 6.21. The molecule has 0 radical (unpaired) electrons. The number of ether oxygens (including phenoxy) is 1. The van der Waals surface area contributed by atoms with E-state index in [0.717, 1.165) is 5.56 Å². The first-order valence-corrected chi connectivity index (χ1v) is 10.7. The summed E-state index contributed by atoms with van der Waals surface area (Å²) in [5.41, 5.74) is 4.08. The van der Waals surface area contributed by atoms with Crippen LogP contribution in [-0.4, -0.2) is 77.2 Å². The third-order valence-electron chi connectivity index (χ3n) is 5.20. The fourth-order valence-electron chi connectivity index (χ4n) is 3.68. The zero-order chi connectivity index (χ0) is 24.5. The molecular formula is C22H24F3N5O4. The average molecular weight is 479 g/mol. The third-order valence-corrected chi connectivity index (χ3v) is 5.20. The van der Waals surface area contributed by atoms with Crippen LogP contribution >= 0.6 is 0 Å². The lowest BCUT2D eigenvalue weighted by atomic mass is 10.1. The Balaban J connectivity index is 1.58. The molecule has 12 heteroatoms. The van der Waals surface area contributed by atoms with Gasteiger partial charge in [-0.15, -0.1) is 0 Å². The zero-order valence-electron chi connectivity index (χ0n) is 18.6. The number of esters is 1. The van der Waals surface area contributed by atoms with E-state index >= 15 is 0 Å². The van der Waals surface area contributed by atoms with Gasteiger partial charge >= 0.3 is 12.1 Å². The van der Waals surface area contributed by atoms with Gasteiger partial charge in [-0.1, -0.05) is 0 Å². The van der Waals surface area contributed by atoms with Crippen molar-refractivity contribution in [1.29, 1.82) is 0 Å². The lowest BCUT2D eigenvalue weighted by Gasteiger charge is -2.34. The molecule has 1 saturated heterocycles. The summed E-state index contributed by atoms with van der Waals surface area (Å²) < 4.78 is 49.0. The Morgan fingerprint density at radius 1 is 1.32 bits per heavy atom. The molecule has 0 unspecified atom stereocenters. The quantitative estimate of drug-likeness (QED) is 0.605.